The van der Waals surface area contributed by atoms with Gasteiger partial charge in [-0.1, -0.05) is 25.3 Å². The topological polar surface area (TPSA) is 72.3 Å². The molecule has 1 amide bonds. The second-order valence-corrected chi connectivity index (χ2v) is 6.98. The normalized spacial score (nSPS) is 17.8. The van der Waals surface area contributed by atoms with Crippen molar-refractivity contribution < 1.29 is 4.79 Å². The van der Waals surface area contributed by atoms with Crippen LogP contribution in [0, 0.1) is 11.3 Å². The predicted octanol–water partition coefficient (Wildman–Crippen LogP) is 3.61. The highest BCUT2D eigenvalue weighted by atomic mass is 35.5. The Kier molecular flexibility index (Phi) is 17.3. The number of carbonyl (C=O) groups excluding carboxylic acids is 1. The van der Waals surface area contributed by atoms with Gasteiger partial charge in [0, 0.05) is 57.1 Å². The molecule has 1 aromatic heterocycles. The summed E-state index contributed by atoms with van der Waals surface area (Å²) in [4.78, 5) is 19.2. The molecule has 1 unspecified atom stereocenters. The Labute approximate surface area is 193 Å². The molecule has 1 saturated carbocycles. The first-order valence-corrected chi connectivity index (χ1v) is 9.62. The van der Waals surface area contributed by atoms with Crippen LogP contribution < -0.4 is 5.32 Å². The molecule has 1 N–H and O–H groups in total. The minimum absolute atomic E-state index is 0. The summed E-state index contributed by atoms with van der Waals surface area (Å²) in [6.45, 7) is 4.42. The van der Waals surface area contributed by atoms with E-state index in [-0.39, 0.29) is 49.2 Å². The van der Waals surface area contributed by atoms with Gasteiger partial charge in [-0.25, -0.2) is 0 Å². The summed E-state index contributed by atoms with van der Waals surface area (Å²) in [6, 6.07) is 6.63. The van der Waals surface area contributed by atoms with Crippen molar-refractivity contribution in [3.63, 3.8) is 0 Å². The van der Waals surface area contributed by atoms with Crippen LogP contribution in [0.4, 0.5) is 0 Å². The van der Waals surface area contributed by atoms with Crippen LogP contribution in [-0.2, 0) is 4.79 Å². The van der Waals surface area contributed by atoms with Gasteiger partial charge in [0.05, 0.1) is 6.07 Å². The Morgan fingerprint density at radius 3 is 2.21 bits per heavy atom. The molecule has 0 aromatic carbocycles. The van der Waals surface area contributed by atoms with Crippen LogP contribution in [0.25, 0.3) is 0 Å². The Balaban J connectivity index is 0. The monoisotopic (exact) mass is 465 g/mol. The van der Waals surface area contributed by atoms with Gasteiger partial charge in [-0.2, -0.15) is 5.26 Å². The van der Waals surface area contributed by atoms with Crippen LogP contribution in [0.3, 0.4) is 0 Å². The highest BCUT2D eigenvalue weighted by Crippen LogP contribution is 2.20. The number of nitrogens with zero attached hydrogens (tertiary/aromatic N) is 4. The highest BCUT2D eigenvalue weighted by molar-refractivity contribution is 5.86. The predicted molar refractivity (Wildman–Crippen MR) is 124 cm³/mol. The number of hydrogen-bond acceptors (Lipinski definition) is 5. The minimum Gasteiger partial charge on any atom is -0.340 e. The van der Waals surface area contributed by atoms with Gasteiger partial charge < -0.3 is 10.2 Å². The maximum Gasteiger partial charge on any atom is 0.219 e. The van der Waals surface area contributed by atoms with Crippen molar-refractivity contribution in [1.82, 2.24) is 20.1 Å². The molecule has 166 valence electrons. The summed E-state index contributed by atoms with van der Waals surface area (Å²) in [5.74, 6) is 0.101. The van der Waals surface area contributed by atoms with Crippen LogP contribution in [0.2, 0.25) is 0 Å². The molecule has 2 fully saturated rings. The zero-order valence-corrected chi connectivity index (χ0v) is 19.7. The molecule has 0 spiro atoms. The smallest absolute Gasteiger partial charge is 0.219 e. The molecule has 9 heteroatoms. The van der Waals surface area contributed by atoms with E-state index in [1.807, 2.05) is 17.0 Å². The first kappa shape index (κ1) is 30.1. The van der Waals surface area contributed by atoms with E-state index >= 15 is 0 Å². The number of nitrogens with one attached hydrogen (secondary N) is 1. The van der Waals surface area contributed by atoms with Crippen molar-refractivity contribution in [1.29, 1.82) is 5.26 Å². The lowest BCUT2D eigenvalue weighted by atomic mass is 9.96. The fourth-order valence-corrected chi connectivity index (χ4v) is 3.59. The van der Waals surface area contributed by atoms with Gasteiger partial charge in [0.2, 0.25) is 5.91 Å². The number of halogens is 3. The van der Waals surface area contributed by atoms with E-state index in [1.165, 1.54) is 32.1 Å². The molecule has 1 aromatic rings. The zero-order valence-electron chi connectivity index (χ0n) is 17.2. The van der Waals surface area contributed by atoms with Gasteiger partial charge in [0.1, 0.15) is 6.04 Å². The van der Waals surface area contributed by atoms with Crippen molar-refractivity contribution >= 4 is 43.1 Å². The van der Waals surface area contributed by atoms with Crippen LogP contribution >= 0.6 is 37.2 Å². The Morgan fingerprint density at radius 2 is 1.79 bits per heavy atom. The van der Waals surface area contributed by atoms with E-state index in [0.29, 0.717) is 13.1 Å². The highest BCUT2D eigenvalue weighted by Gasteiger charge is 2.25. The first-order chi connectivity index (χ1) is 12.7. The number of rotatable bonds is 3. The van der Waals surface area contributed by atoms with Crippen molar-refractivity contribution in [2.45, 2.75) is 51.1 Å². The number of pyridine rings is 1. The summed E-state index contributed by atoms with van der Waals surface area (Å²) in [5.41, 5.74) is 0.913. The Bertz CT molecular complexity index is 586. The molecule has 1 aliphatic carbocycles. The van der Waals surface area contributed by atoms with Crippen LogP contribution in [0.1, 0.15) is 50.6 Å². The summed E-state index contributed by atoms with van der Waals surface area (Å²) in [5, 5.41) is 12.6. The van der Waals surface area contributed by atoms with Gasteiger partial charge in [0.15, 0.2) is 0 Å². The third-order valence-corrected chi connectivity index (χ3v) is 5.26. The number of aromatic nitrogens is 1. The third kappa shape index (κ3) is 9.97. The fourth-order valence-electron chi connectivity index (χ4n) is 3.59. The van der Waals surface area contributed by atoms with Crippen LogP contribution in [0.15, 0.2) is 24.5 Å². The molecular formula is C20H34Cl3N5O. The second kappa shape index (κ2) is 16.7. The number of piperazine rings is 1. The number of hydrogen-bond donors (Lipinski definition) is 1. The van der Waals surface area contributed by atoms with E-state index in [4.69, 9.17) is 0 Å². The Hall–Kier alpha value is -1.10. The van der Waals surface area contributed by atoms with Crippen LogP contribution in [-0.4, -0.2) is 60.0 Å². The van der Waals surface area contributed by atoms with Gasteiger partial charge in [-0.3, -0.25) is 14.7 Å². The van der Waals surface area contributed by atoms with Gasteiger partial charge in [-0.05, 0) is 26.0 Å². The second-order valence-electron chi connectivity index (χ2n) is 6.98. The Morgan fingerprint density at radius 1 is 1.17 bits per heavy atom. The molecule has 2 heterocycles. The van der Waals surface area contributed by atoms with Gasteiger partial charge >= 0.3 is 0 Å². The maximum atomic E-state index is 11.2. The van der Waals surface area contributed by atoms with Crippen LogP contribution in [0.5, 0.6) is 0 Å². The summed E-state index contributed by atoms with van der Waals surface area (Å²) < 4.78 is 0. The maximum absolute atomic E-state index is 11.2. The first-order valence-electron chi connectivity index (χ1n) is 9.62. The molecule has 2 aliphatic rings. The van der Waals surface area contributed by atoms with Crippen molar-refractivity contribution in [3.8, 4) is 6.07 Å². The van der Waals surface area contributed by atoms with E-state index in [9.17, 15) is 10.1 Å². The van der Waals surface area contributed by atoms with Gasteiger partial charge in [-0.15, -0.1) is 37.2 Å². The quantitative estimate of drug-likeness (QED) is 0.736. The average molecular weight is 467 g/mol. The van der Waals surface area contributed by atoms with Gasteiger partial charge in [0.25, 0.3) is 0 Å². The molecule has 1 atom stereocenters. The lowest BCUT2D eigenvalue weighted by Crippen LogP contribution is -2.48. The number of carbonyl (C=O) groups is 1. The zero-order chi connectivity index (χ0) is 18.8. The number of amides is 1. The number of nitriles is 1. The fraction of sp³-hybridized carbons (Fsp3) is 0.650. The summed E-state index contributed by atoms with van der Waals surface area (Å²) in [7, 11) is 2.07. The van der Waals surface area contributed by atoms with Crippen molar-refractivity contribution in [2.24, 2.45) is 0 Å². The molecule has 3 rings (SSSR count). The third-order valence-electron chi connectivity index (χ3n) is 5.26. The largest absolute Gasteiger partial charge is 0.340 e. The summed E-state index contributed by atoms with van der Waals surface area (Å²) >= 11 is 0. The molecule has 1 aliphatic heterocycles. The van der Waals surface area contributed by atoms with Crippen molar-refractivity contribution in [2.75, 3.05) is 33.2 Å². The molecule has 6 nitrogen and oxygen atoms in total. The van der Waals surface area contributed by atoms with E-state index < -0.39 is 0 Å². The molecule has 29 heavy (non-hydrogen) atoms. The molecule has 1 saturated heterocycles. The van der Waals surface area contributed by atoms with E-state index in [2.05, 4.69) is 28.3 Å². The lowest BCUT2D eigenvalue weighted by Gasteiger charge is -2.36. The standard InChI is InChI=1S/C13H16N4O.C7H15N.3ClH/c1-11(18)16-5-7-17(8-6-16)13(9-14)12-3-2-4-15-10-12;1-8-7-5-3-2-4-6-7;;;/h2-4,10,13H,5-8H2,1H3;7-8H,2-6H2,1H3;3*1H. The van der Waals surface area contributed by atoms with E-state index in [1.54, 1.807) is 19.3 Å². The minimum atomic E-state index is -0.271. The molecular weight excluding hydrogens is 433 g/mol. The SMILES string of the molecule is CC(=O)N1CCN(C(C#N)c2cccnc2)CC1.CNC1CCCCC1.Cl.Cl.Cl. The van der Waals surface area contributed by atoms with Crippen molar-refractivity contribution in [3.05, 3.63) is 30.1 Å². The molecule has 0 radical (unpaired) electrons. The van der Waals surface area contributed by atoms with E-state index in [0.717, 1.165) is 24.7 Å². The summed E-state index contributed by atoms with van der Waals surface area (Å²) in [6.07, 6.45) is 10.6. The lowest BCUT2D eigenvalue weighted by molar-refractivity contribution is -0.130. The molecule has 0 bridgehead atoms. The average Bonchev–Trinajstić information content (AvgIpc) is 2.71.